The minimum Gasteiger partial charge on any atom is -0.261 e. The highest BCUT2D eigenvalue weighted by atomic mass is 35.5. The van der Waals surface area contributed by atoms with Crippen molar-refractivity contribution in [1.82, 2.24) is 9.71 Å². The molecule has 0 aliphatic heterocycles. The van der Waals surface area contributed by atoms with Crippen molar-refractivity contribution in [3.63, 3.8) is 0 Å². The molecule has 0 aliphatic rings. The number of aryl methyl sites for hydroxylation is 1. The highest BCUT2D eigenvalue weighted by Crippen LogP contribution is 2.11. The fraction of sp³-hybridized carbons (Fsp3) is 0.545. The molecule has 7 heteroatoms. The van der Waals surface area contributed by atoms with Crippen molar-refractivity contribution in [2.45, 2.75) is 18.9 Å². The zero-order valence-corrected chi connectivity index (χ0v) is 12.4. The molecule has 18 heavy (non-hydrogen) atoms. The SMILES string of the molecule is CC(CCl)(CCl)NS(=O)(=O)CCc1ccccn1. The predicted molar refractivity (Wildman–Crippen MR) is 74.7 cm³/mol. The van der Waals surface area contributed by atoms with E-state index in [9.17, 15) is 8.42 Å². The monoisotopic (exact) mass is 310 g/mol. The Labute approximate surface area is 118 Å². The Kier molecular flexibility index (Phi) is 5.85. The van der Waals surface area contributed by atoms with Gasteiger partial charge in [-0.05, 0) is 19.1 Å². The van der Waals surface area contributed by atoms with Crippen LogP contribution in [0.1, 0.15) is 12.6 Å². The fourth-order valence-corrected chi connectivity index (χ4v) is 3.35. The molecule has 4 nitrogen and oxygen atoms in total. The van der Waals surface area contributed by atoms with Crippen LogP contribution in [0.15, 0.2) is 24.4 Å². The second kappa shape index (κ2) is 6.70. The van der Waals surface area contributed by atoms with Crippen LogP contribution >= 0.6 is 23.2 Å². The number of nitrogens with zero attached hydrogens (tertiary/aromatic N) is 1. The predicted octanol–water partition coefficient (Wildman–Crippen LogP) is 1.78. The first-order valence-corrected chi connectivity index (χ1v) is 8.16. The van der Waals surface area contributed by atoms with Gasteiger partial charge in [0, 0.05) is 30.1 Å². The zero-order chi connectivity index (χ0) is 13.6. The van der Waals surface area contributed by atoms with E-state index in [1.807, 2.05) is 6.07 Å². The summed E-state index contributed by atoms with van der Waals surface area (Å²) in [6.07, 6.45) is 1.99. The second-order valence-electron chi connectivity index (χ2n) is 4.32. The first-order valence-electron chi connectivity index (χ1n) is 5.44. The van der Waals surface area contributed by atoms with E-state index in [4.69, 9.17) is 23.2 Å². The normalized spacial score (nSPS) is 12.6. The van der Waals surface area contributed by atoms with Gasteiger partial charge in [-0.3, -0.25) is 4.98 Å². The van der Waals surface area contributed by atoms with E-state index in [0.717, 1.165) is 5.69 Å². The van der Waals surface area contributed by atoms with E-state index in [2.05, 4.69) is 9.71 Å². The lowest BCUT2D eigenvalue weighted by molar-refractivity contribution is 0.500. The summed E-state index contributed by atoms with van der Waals surface area (Å²) in [7, 11) is -3.42. The molecule has 0 amide bonds. The molecule has 0 spiro atoms. The lowest BCUT2D eigenvalue weighted by atomic mass is 10.1. The van der Waals surface area contributed by atoms with Gasteiger partial charge in [0.1, 0.15) is 0 Å². The highest BCUT2D eigenvalue weighted by molar-refractivity contribution is 7.89. The van der Waals surface area contributed by atoms with Crippen molar-refractivity contribution in [2.24, 2.45) is 0 Å². The Morgan fingerprint density at radius 3 is 2.50 bits per heavy atom. The average molecular weight is 311 g/mol. The molecule has 0 bridgehead atoms. The molecule has 1 heterocycles. The summed E-state index contributed by atoms with van der Waals surface area (Å²) in [5.74, 6) is 0.214. The number of rotatable bonds is 7. The molecule has 1 aromatic rings. The van der Waals surface area contributed by atoms with Crippen LogP contribution < -0.4 is 4.72 Å². The Morgan fingerprint density at radius 2 is 2.00 bits per heavy atom. The quantitative estimate of drug-likeness (QED) is 0.781. The summed E-state index contributed by atoms with van der Waals surface area (Å²) >= 11 is 11.4. The van der Waals surface area contributed by atoms with Gasteiger partial charge in [0.05, 0.1) is 11.3 Å². The van der Waals surface area contributed by atoms with Crippen molar-refractivity contribution in [1.29, 1.82) is 0 Å². The molecule has 0 aromatic carbocycles. The molecular weight excluding hydrogens is 295 g/mol. The molecule has 1 rings (SSSR count). The molecule has 0 atom stereocenters. The summed E-state index contributed by atoms with van der Waals surface area (Å²) in [5, 5.41) is 0. The Balaban J connectivity index is 2.61. The number of alkyl halides is 2. The van der Waals surface area contributed by atoms with Crippen LogP contribution in [0, 0.1) is 0 Å². The van der Waals surface area contributed by atoms with Crippen LogP contribution in [0.4, 0.5) is 0 Å². The maximum Gasteiger partial charge on any atom is 0.212 e. The molecule has 0 unspecified atom stereocenters. The molecular formula is C11H16Cl2N2O2S. The molecule has 0 aliphatic carbocycles. The molecule has 1 N–H and O–H groups in total. The molecule has 0 fully saturated rings. The van der Waals surface area contributed by atoms with Crippen molar-refractivity contribution in [3.8, 4) is 0 Å². The van der Waals surface area contributed by atoms with E-state index in [1.165, 1.54) is 0 Å². The Hall–Kier alpha value is -0.360. The van der Waals surface area contributed by atoms with Gasteiger partial charge in [-0.1, -0.05) is 6.07 Å². The number of halogens is 2. The average Bonchev–Trinajstić information content (AvgIpc) is 2.37. The van der Waals surface area contributed by atoms with Crippen LogP contribution in [0.25, 0.3) is 0 Å². The maximum atomic E-state index is 11.9. The number of pyridine rings is 1. The second-order valence-corrected chi connectivity index (χ2v) is 6.70. The molecule has 0 radical (unpaired) electrons. The van der Waals surface area contributed by atoms with Crippen molar-refractivity contribution < 1.29 is 8.42 Å². The van der Waals surface area contributed by atoms with Gasteiger partial charge in [0.15, 0.2) is 0 Å². The minimum atomic E-state index is -3.42. The molecule has 1 aromatic heterocycles. The number of hydrogen-bond acceptors (Lipinski definition) is 3. The topological polar surface area (TPSA) is 59.1 Å². The third-order valence-corrected chi connectivity index (χ3v) is 5.07. The van der Waals surface area contributed by atoms with E-state index in [0.29, 0.717) is 6.42 Å². The number of sulfonamides is 1. The smallest absolute Gasteiger partial charge is 0.212 e. The van der Waals surface area contributed by atoms with Gasteiger partial charge in [-0.15, -0.1) is 23.2 Å². The molecule has 102 valence electrons. The first kappa shape index (κ1) is 15.7. The largest absolute Gasteiger partial charge is 0.261 e. The van der Waals surface area contributed by atoms with E-state index < -0.39 is 15.6 Å². The third-order valence-electron chi connectivity index (χ3n) is 2.34. The summed E-state index contributed by atoms with van der Waals surface area (Å²) in [6, 6.07) is 5.40. The Morgan fingerprint density at radius 1 is 1.33 bits per heavy atom. The van der Waals surface area contributed by atoms with Crippen molar-refractivity contribution in [3.05, 3.63) is 30.1 Å². The van der Waals surface area contributed by atoms with Gasteiger partial charge >= 0.3 is 0 Å². The minimum absolute atomic E-state index is 0.0343. The van der Waals surface area contributed by atoms with Gasteiger partial charge in [0.25, 0.3) is 0 Å². The van der Waals surface area contributed by atoms with Crippen LogP contribution in [-0.2, 0) is 16.4 Å². The fourth-order valence-electron chi connectivity index (χ4n) is 1.30. The Bertz CT molecular complexity index is 461. The van der Waals surface area contributed by atoms with Crippen molar-refractivity contribution in [2.75, 3.05) is 17.5 Å². The van der Waals surface area contributed by atoms with Crippen LogP contribution in [0.3, 0.4) is 0 Å². The van der Waals surface area contributed by atoms with Crippen molar-refractivity contribution >= 4 is 33.2 Å². The van der Waals surface area contributed by atoms with Crippen LogP contribution in [-0.4, -0.2) is 36.5 Å². The maximum absolute atomic E-state index is 11.9. The first-order chi connectivity index (χ1) is 8.41. The summed E-state index contributed by atoms with van der Waals surface area (Å²) in [4.78, 5) is 4.07. The van der Waals surface area contributed by atoms with E-state index >= 15 is 0 Å². The zero-order valence-electron chi connectivity index (χ0n) is 10.1. The lowest BCUT2D eigenvalue weighted by Gasteiger charge is -2.25. The molecule has 0 saturated heterocycles. The molecule has 0 saturated carbocycles. The third kappa shape index (κ3) is 5.10. The number of nitrogens with one attached hydrogen (secondary N) is 1. The van der Waals surface area contributed by atoms with Crippen LogP contribution in [0.5, 0.6) is 0 Å². The summed E-state index contributed by atoms with van der Waals surface area (Å²) < 4.78 is 26.3. The lowest BCUT2D eigenvalue weighted by Crippen LogP contribution is -2.50. The van der Waals surface area contributed by atoms with Crippen LogP contribution in [0.2, 0.25) is 0 Å². The standard InChI is InChI=1S/C11H16Cl2N2O2S/c1-11(8-12,9-13)15-18(16,17)7-5-10-4-2-3-6-14-10/h2-4,6,15H,5,7-9H2,1H3. The van der Waals surface area contributed by atoms with E-state index in [-0.39, 0.29) is 17.5 Å². The number of hydrogen-bond donors (Lipinski definition) is 1. The summed E-state index contributed by atoms with van der Waals surface area (Å²) in [5.41, 5.74) is -0.0761. The van der Waals surface area contributed by atoms with Gasteiger partial charge in [0.2, 0.25) is 10.0 Å². The van der Waals surface area contributed by atoms with Gasteiger partial charge in [-0.2, -0.15) is 0 Å². The number of aromatic nitrogens is 1. The highest BCUT2D eigenvalue weighted by Gasteiger charge is 2.27. The van der Waals surface area contributed by atoms with E-state index in [1.54, 1.807) is 25.3 Å². The summed E-state index contributed by atoms with van der Waals surface area (Å²) in [6.45, 7) is 1.67. The van der Waals surface area contributed by atoms with Gasteiger partial charge in [-0.25, -0.2) is 13.1 Å². The van der Waals surface area contributed by atoms with Gasteiger partial charge < -0.3 is 0 Å².